The molecule has 27 heavy (non-hydrogen) atoms. The number of aromatic carboxylic acids is 1. The molecule has 0 aliphatic rings. The lowest BCUT2D eigenvalue weighted by Crippen LogP contribution is -2.03. The minimum atomic E-state index is -0.985. The minimum absolute atomic E-state index is 0.192. The normalized spacial score (nSPS) is 10.4. The molecule has 3 rings (SSSR count). The molecule has 0 saturated heterocycles. The number of rotatable bonds is 7. The Morgan fingerprint density at radius 3 is 2.67 bits per heavy atom. The van der Waals surface area contributed by atoms with E-state index in [2.05, 4.69) is 24.4 Å². The van der Waals surface area contributed by atoms with E-state index in [0.29, 0.717) is 23.9 Å². The van der Waals surface area contributed by atoms with Crippen LogP contribution in [0.15, 0.2) is 66.7 Å². The van der Waals surface area contributed by atoms with E-state index in [9.17, 15) is 4.79 Å². The molecule has 0 saturated carbocycles. The number of aryl methyl sites for hydroxylation is 1. The van der Waals surface area contributed by atoms with Gasteiger partial charge in [-0.15, -0.1) is 0 Å². The Morgan fingerprint density at radius 1 is 1.07 bits per heavy atom. The van der Waals surface area contributed by atoms with Crippen LogP contribution >= 0.6 is 11.6 Å². The Morgan fingerprint density at radius 2 is 1.89 bits per heavy atom. The fourth-order valence-corrected chi connectivity index (χ4v) is 2.85. The van der Waals surface area contributed by atoms with Crippen LogP contribution in [0.2, 0.25) is 5.02 Å². The zero-order chi connectivity index (χ0) is 19.2. The van der Waals surface area contributed by atoms with Crippen molar-refractivity contribution in [1.82, 2.24) is 0 Å². The van der Waals surface area contributed by atoms with Crippen LogP contribution in [0.4, 0.5) is 5.69 Å². The van der Waals surface area contributed by atoms with Crippen LogP contribution in [0, 0.1) is 6.92 Å². The van der Waals surface area contributed by atoms with Gasteiger partial charge in [-0.25, -0.2) is 4.79 Å². The van der Waals surface area contributed by atoms with E-state index in [0.717, 1.165) is 16.9 Å². The molecule has 0 amide bonds. The predicted octanol–water partition coefficient (Wildman–Crippen LogP) is 5.54. The van der Waals surface area contributed by atoms with Crippen LogP contribution in [-0.4, -0.2) is 11.1 Å². The van der Waals surface area contributed by atoms with Gasteiger partial charge in [0.15, 0.2) is 0 Å². The van der Waals surface area contributed by atoms with E-state index in [4.69, 9.17) is 21.4 Å². The molecular weight excluding hydrogens is 362 g/mol. The number of hydrogen-bond acceptors (Lipinski definition) is 3. The van der Waals surface area contributed by atoms with Gasteiger partial charge < -0.3 is 15.2 Å². The van der Waals surface area contributed by atoms with Crippen LogP contribution in [0.25, 0.3) is 0 Å². The van der Waals surface area contributed by atoms with E-state index < -0.39 is 5.97 Å². The van der Waals surface area contributed by atoms with E-state index in [1.807, 2.05) is 36.4 Å². The third-order valence-electron chi connectivity index (χ3n) is 4.25. The first-order chi connectivity index (χ1) is 13.0. The highest BCUT2D eigenvalue weighted by atomic mass is 35.5. The average Bonchev–Trinajstić information content (AvgIpc) is 2.67. The first kappa shape index (κ1) is 18.8. The Labute approximate surface area is 163 Å². The van der Waals surface area contributed by atoms with Gasteiger partial charge in [0.05, 0.1) is 16.3 Å². The van der Waals surface area contributed by atoms with Crippen molar-refractivity contribution in [3.05, 3.63) is 94.0 Å². The maximum atomic E-state index is 11.1. The third kappa shape index (κ3) is 5.02. The highest BCUT2D eigenvalue weighted by molar-refractivity contribution is 6.33. The lowest BCUT2D eigenvalue weighted by Gasteiger charge is -2.12. The summed E-state index contributed by atoms with van der Waals surface area (Å²) >= 11 is 6.15. The molecule has 0 heterocycles. The summed E-state index contributed by atoms with van der Waals surface area (Å²) in [4.78, 5) is 11.1. The molecule has 138 valence electrons. The summed E-state index contributed by atoms with van der Waals surface area (Å²) in [6.45, 7) is 3.08. The minimum Gasteiger partial charge on any atom is -0.489 e. The molecule has 3 aromatic carbocycles. The first-order valence-electron chi connectivity index (χ1n) is 8.56. The molecule has 0 fully saturated rings. The number of carboxylic acid groups (broad SMARTS) is 1. The van der Waals surface area contributed by atoms with Gasteiger partial charge in [-0.1, -0.05) is 48.0 Å². The zero-order valence-electron chi connectivity index (χ0n) is 14.9. The highest BCUT2D eigenvalue weighted by Gasteiger charge is 2.07. The second-order valence-electron chi connectivity index (χ2n) is 6.22. The quantitative estimate of drug-likeness (QED) is 0.564. The maximum absolute atomic E-state index is 11.1. The summed E-state index contributed by atoms with van der Waals surface area (Å²) in [6, 6.07) is 20.5. The van der Waals surface area contributed by atoms with Crippen molar-refractivity contribution in [2.45, 2.75) is 20.1 Å². The summed E-state index contributed by atoms with van der Waals surface area (Å²) < 4.78 is 5.91. The van der Waals surface area contributed by atoms with E-state index >= 15 is 0 Å². The van der Waals surface area contributed by atoms with Gasteiger partial charge >= 0.3 is 5.97 Å². The number of carboxylic acids is 1. The number of halogens is 1. The number of hydrogen-bond donors (Lipinski definition) is 2. The summed E-state index contributed by atoms with van der Waals surface area (Å²) in [5.41, 5.74) is 4.13. The van der Waals surface area contributed by atoms with Gasteiger partial charge in [-0.05, 0) is 53.9 Å². The fraction of sp³-hybridized carbons (Fsp3) is 0.136. The Balaban J connectivity index is 1.65. The molecule has 0 spiro atoms. The number of ether oxygens (including phenoxy) is 1. The van der Waals surface area contributed by atoms with Gasteiger partial charge in [-0.2, -0.15) is 0 Å². The largest absolute Gasteiger partial charge is 0.489 e. The van der Waals surface area contributed by atoms with Gasteiger partial charge in [-0.3, -0.25) is 0 Å². The van der Waals surface area contributed by atoms with E-state index in [-0.39, 0.29) is 5.56 Å². The predicted molar refractivity (Wildman–Crippen MR) is 108 cm³/mol. The van der Waals surface area contributed by atoms with Crippen molar-refractivity contribution < 1.29 is 14.6 Å². The Kier molecular flexibility index (Phi) is 5.99. The fourth-order valence-electron chi connectivity index (χ4n) is 2.67. The number of benzene rings is 3. The number of anilines is 1. The van der Waals surface area contributed by atoms with Crippen molar-refractivity contribution in [3.8, 4) is 5.75 Å². The molecule has 0 aromatic heterocycles. The summed E-state index contributed by atoms with van der Waals surface area (Å²) in [5.74, 6) is -0.204. The van der Waals surface area contributed by atoms with Crippen molar-refractivity contribution in [2.24, 2.45) is 0 Å². The smallest absolute Gasteiger partial charge is 0.335 e. The Bertz CT molecular complexity index is 956. The molecule has 2 N–H and O–H groups in total. The molecule has 0 aliphatic carbocycles. The maximum Gasteiger partial charge on any atom is 0.335 e. The lowest BCUT2D eigenvalue weighted by molar-refractivity contribution is 0.0697. The van der Waals surface area contributed by atoms with Gasteiger partial charge in [0.1, 0.15) is 12.4 Å². The topological polar surface area (TPSA) is 58.6 Å². The SMILES string of the molecule is Cc1ccccc1COc1cccc(CNc2cc(C(=O)O)ccc2Cl)c1. The van der Waals surface area contributed by atoms with E-state index in [1.54, 1.807) is 6.07 Å². The molecule has 0 radical (unpaired) electrons. The summed E-state index contributed by atoms with van der Waals surface area (Å²) in [5, 5.41) is 12.8. The van der Waals surface area contributed by atoms with Crippen LogP contribution in [0.1, 0.15) is 27.0 Å². The van der Waals surface area contributed by atoms with Crippen molar-refractivity contribution in [1.29, 1.82) is 0 Å². The van der Waals surface area contributed by atoms with Crippen molar-refractivity contribution in [2.75, 3.05) is 5.32 Å². The van der Waals surface area contributed by atoms with Gasteiger partial charge in [0.25, 0.3) is 0 Å². The monoisotopic (exact) mass is 381 g/mol. The average molecular weight is 382 g/mol. The molecule has 0 unspecified atom stereocenters. The standard InChI is InChI=1S/C22H20ClNO3/c1-15-5-2-3-7-18(15)14-27-19-8-4-6-16(11-19)13-24-21-12-17(22(25)26)9-10-20(21)23/h2-12,24H,13-14H2,1H3,(H,25,26). The molecule has 0 atom stereocenters. The summed E-state index contributed by atoms with van der Waals surface area (Å²) in [6.07, 6.45) is 0. The molecule has 4 nitrogen and oxygen atoms in total. The van der Waals surface area contributed by atoms with Gasteiger partial charge in [0, 0.05) is 6.54 Å². The summed E-state index contributed by atoms with van der Waals surface area (Å²) in [7, 11) is 0. The van der Waals surface area contributed by atoms with Crippen molar-refractivity contribution >= 4 is 23.3 Å². The van der Waals surface area contributed by atoms with Gasteiger partial charge in [0.2, 0.25) is 0 Å². The van der Waals surface area contributed by atoms with Crippen LogP contribution in [0.3, 0.4) is 0 Å². The molecule has 5 heteroatoms. The Hall–Kier alpha value is -2.98. The lowest BCUT2D eigenvalue weighted by atomic mass is 10.1. The number of nitrogens with one attached hydrogen (secondary N) is 1. The van der Waals surface area contributed by atoms with Crippen LogP contribution < -0.4 is 10.1 Å². The van der Waals surface area contributed by atoms with E-state index in [1.165, 1.54) is 17.7 Å². The first-order valence-corrected chi connectivity index (χ1v) is 8.93. The van der Waals surface area contributed by atoms with Crippen LogP contribution in [0.5, 0.6) is 5.75 Å². The zero-order valence-corrected chi connectivity index (χ0v) is 15.7. The molecule has 0 bridgehead atoms. The number of carbonyl (C=O) groups is 1. The second kappa shape index (κ2) is 8.60. The third-order valence-corrected chi connectivity index (χ3v) is 4.58. The van der Waals surface area contributed by atoms with Crippen LogP contribution in [-0.2, 0) is 13.2 Å². The molecular formula is C22H20ClNO3. The molecule has 3 aromatic rings. The second-order valence-corrected chi connectivity index (χ2v) is 6.62. The van der Waals surface area contributed by atoms with Crippen molar-refractivity contribution in [3.63, 3.8) is 0 Å². The highest BCUT2D eigenvalue weighted by Crippen LogP contribution is 2.24. The molecule has 0 aliphatic heterocycles.